The van der Waals surface area contributed by atoms with E-state index in [0.29, 0.717) is 12.3 Å². The van der Waals surface area contributed by atoms with Crippen LogP contribution in [-0.2, 0) is 14.9 Å². The van der Waals surface area contributed by atoms with E-state index >= 15 is 0 Å². The van der Waals surface area contributed by atoms with E-state index in [4.69, 9.17) is 4.74 Å². The Morgan fingerprint density at radius 2 is 2.16 bits per heavy atom. The van der Waals surface area contributed by atoms with Crippen molar-refractivity contribution in [2.75, 3.05) is 6.61 Å². The number of ether oxygens (including phenoxy) is 1. The Bertz CT molecular complexity index is 518. The van der Waals surface area contributed by atoms with Gasteiger partial charge in [0.25, 0.3) is 0 Å². The molecule has 19 heavy (non-hydrogen) atoms. The van der Waals surface area contributed by atoms with Gasteiger partial charge in [0, 0.05) is 18.0 Å². The first kappa shape index (κ1) is 11.4. The molecule has 2 aliphatic carbocycles. The Morgan fingerprint density at radius 3 is 2.79 bits per heavy atom. The Balaban J connectivity index is 1.79. The van der Waals surface area contributed by atoms with Crippen LogP contribution < -0.4 is 0 Å². The topological polar surface area (TPSA) is 59.4 Å². The summed E-state index contributed by atoms with van der Waals surface area (Å²) in [5, 5.41) is 9.81. The number of rotatable bonds is 2. The largest absolute Gasteiger partial charge is 0.481 e. The summed E-state index contributed by atoms with van der Waals surface area (Å²) in [6.45, 7) is 0.577. The molecule has 1 aliphatic heterocycles. The summed E-state index contributed by atoms with van der Waals surface area (Å²) in [5.41, 5.74) is -0.253. The molecule has 0 aromatic carbocycles. The van der Waals surface area contributed by atoms with Gasteiger partial charge in [-0.15, -0.1) is 0 Å². The van der Waals surface area contributed by atoms with Crippen molar-refractivity contribution < 1.29 is 14.6 Å². The molecular weight excluding hydrogens is 242 g/mol. The van der Waals surface area contributed by atoms with E-state index in [1.54, 1.807) is 6.20 Å². The average molecular weight is 259 g/mol. The van der Waals surface area contributed by atoms with Crippen molar-refractivity contribution in [2.24, 2.45) is 11.8 Å². The smallest absolute Gasteiger partial charge is 0.316 e. The number of hydrogen-bond donors (Lipinski definition) is 1. The normalized spacial score (nSPS) is 38.3. The SMILES string of the molecule is O=C(O)C1(c2ccccn2)C2COC3(CCCC3)C21. The highest BCUT2D eigenvalue weighted by atomic mass is 16.5. The molecule has 3 unspecified atom stereocenters. The van der Waals surface area contributed by atoms with E-state index in [1.165, 1.54) is 0 Å². The summed E-state index contributed by atoms with van der Waals surface area (Å²) in [7, 11) is 0. The molecule has 4 heteroatoms. The molecule has 0 radical (unpaired) electrons. The molecule has 3 aliphatic rings. The summed E-state index contributed by atoms with van der Waals surface area (Å²) in [4.78, 5) is 16.3. The van der Waals surface area contributed by atoms with E-state index in [2.05, 4.69) is 4.98 Å². The zero-order chi connectivity index (χ0) is 13.1. The summed E-state index contributed by atoms with van der Waals surface area (Å²) >= 11 is 0. The third-order valence-corrected chi connectivity index (χ3v) is 5.38. The zero-order valence-corrected chi connectivity index (χ0v) is 10.7. The molecule has 1 saturated heterocycles. The fraction of sp³-hybridized carbons (Fsp3) is 0.600. The van der Waals surface area contributed by atoms with Crippen LogP contribution in [0.4, 0.5) is 0 Å². The lowest BCUT2D eigenvalue weighted by molar-refractivity contribution is -0.144. The zero-order valence-electron chi connectivity index (χ0n) is 10.7. The van der Waals surface area contributed by atoms with Crippen LogP contribution in [-0.4, -0.2) is 28.3 Å². The molecule has 4 rings (SSSR count). The maximum absolute atomic E-state index is 11.9. The number of fused-ring (bicyclic) bond motifs is 2. The maximum atomic E-state index is 11.9. The highest BCUT2D eigenvalue weighted by Gasteiger charge is 2.81. The first-order valence-corrected chi connectivity index (χ1v) is 7.01. The Morgan fingerprint density at radius 1 is 1.37 bits per heavy atom. The van der Waals surface area contributed by atoms with Gasteiger partial charge in [-0.05, 0) is 25.0 Å². The molecule has 2 saturated carbocycles. The molecule has 0 amide bonds. The third kappa shape index (κ3) is 1.23. The van der Waals surface area contributed by atoms with Crippen LogP contribution in [0.25, 0.3) is 0 Å². The van der Waals surface area contributed by atoms with Crippen molar-refractivity contribution in [1.82, 2.24) is 4.98 Å². The quantitative estimate of drug-likeness (QED) is 0.882. The minimum Gasteiger partial charge on any atom is -0.481 e. The van der Waals surface area contributed by atoms with Crippen LogP contribution in [0.1, 0.15) is 31.4 Å². The summed E-state index contributed by atoms with van der Waals surface area (Å²) in [6, 6.07) is 5.57. The van der Waals surface area contributed by atoms with Crippen molar-refractivity contribution >= 4 is 5.97 Å². The summed E-state index contributed by atoms with van der Waals surface area (Å²) in [5.74, 6) is -0.497. The molecular formula is C15H17NO3. The molecule has 0 bridgehead atoms. The van der Waals surface area contributed by atoms with Crippen molar-refractivity contribution in [3.8, 4) is 0 Å². The molecule has 4 nitrogen and oxygen atoms in total. The molecule has 1 spiro atoms. The van der Waals surface area contributed by atoms with Gasteiger partial charge in [-0.3, -0.25) is 9.78 Å². The fourth-order valence-corrected chi connectivity index (χ4v) is 4.60. The Hall–Kier alpha value is -1.42. The van der Waals surface area contributed by atoms with Gasteiger partial charge in [0.15, 0.2) is 0 Å². The first-order chi connectivity index (χ1) is 9.22. The van der Waals surface area contributed by atoms with Gasteiger partial charge >= 0.3 is 5.97 Å². The van der Waals surface area contributed by atoms with Gasteiger partial charge in [-0.1, -0.05) is 18.9 Å². The van der Waals surface area contributed by atoms with Gasteiger partial charge in [0.05, 0.1) is 17.9 Å². The van der Waals surface area contributed by atoms with Crippen molar-refractivity contribution in [1.29, 1.82) is 0 Å². The van der Waals surface area contributed by atoms with Crippen LogP contribution in [0.5, 0.6) is 0 Å². The Kier molecular flexibility index (Phi) is 2.14. The second-order valence-corrected chi connectivity index (χ2v) is 6.06. The highest BCUT2D eigenvalue weighted by Crippen LogP contribution is 2.71. The number of pyridine rings is 1. The number of hydrogen-bond acceptors (Lipinski definition) is 3. The molecule has 3 atom stereocenters. The average Bonchev–Trinajstić information content (AvgIpc) is 2.72. The van der Waals surface area contributed by atoms with Crippen molar-refractivity contribution in [3.63, 3.8) is 0 Å². The van der Waals surface area contributed by atoms with Crippen molar-refractivity contribution in [3.05, 3.63) is 30.1 Å². The third-order valence-electron chi connectivity index (χ3n) is 5.38. The number of nitrogens with zero attached hydrogens (tertiary/aromatic N) is 1. The standard InChI is InChI=1S/C15H17NO3/c17-13(18)15(11-5-1-4-8-16-11)10-9-19-14(12(10)15)6-2-3-7-14/h1,4-5,8,10,12H,2-3,6-7,9H2,(H,17,18). The molecule has 2 heterocycles. The lowest BCUT2D eigenvalue weighted by Crippen LogP contribution is -2.39. The minimum atomic E-state index is -0.788. The van der Waals surface area contributed by atoms with Gasteiger partial charge in [-0.2, -0.15) is 0 Å². The number of carboxylic acids is 1. The van der Waals surface area contributed by atoms with Gasteiger partial charge in [-0.25, -0.2) is 0 Å². The lowest BCUT2D eigenvalue weighted by Gasteiger charge is -2.30. The molecule has 100 valence electrons. The molecule has 3 fully saturated rings. The molecule has 1 N–H and O–H groups in total. The van der Waals surface area contributed by atoms with Gasteiger partial charge < -0.3 is 9.84 Å². The molecule has 1 aromatic rings. The number of aromatic nitrogens is 1. The van der Waals surface area contributed by atoms with E-state index < -0.39 is 11.4 Å². The number of aliphatic carboxylic acids is 1. The molecule has 1 aromatic heterocycles. The minimum absolute atomic E-state index is 0.109. The highest BCUT2D eigenvalue weighted by molar-refractivity contribution is 5.87. The van der Waals surface area contributed by atoms with Gasteiger partial charge in [0.1, 0.15) is 5.41 Å². The van der Waals surface area contributed by atoms with E-state index in [1.807, 2.05) is 18.2 Å². The summed E-state index contributed by atoms with van der Waals surface area (Å²) in [6.07, 6.45) is 6.02. The lowest BCUT2D eigenvalue weighted by atomic mass is 9.86. The van der Waals surface area contributed by atoms with E-state index in [-0.39, 0.29) is 17.4 Å². The van der Waals surface area contributed by atoms with Crippen LogP contribution in [0.3, 0.4) is 0 Å². The van der Waals surface area contributed by atoms with Crippen LogP contribution in [0.2, 0.25) is 0 Å². The fourth-order valence-electron chi connectivity index (χ4n) is 4.60. The predicted molar refractivity (Wildman–Crippen MR) is 67.7 cm³/mol. The monoisotopic (exact) mass is 259 g/mol. The van der Waals surface area contributed by atoms with Crippen LogP contribution >= 0.6 is 0 Å². The predicted octanol–water partition coefficient (Wildman–Crippen LogP) is 1.99. The van der Waals surface area contributed by atoms with E-state index in [9.17, 15) is 9.90 Å². The maximum Gasteiger partial charge on any atom is 0.316 e. The van der Waals surface area contributed by atoms with Gasteiger partial charge in [0.2, 0.25) is 0 Å². The first-order valence-electron chi connectivity index (χ1n) is 7.01. The van der Waals surface area contributed by atoms with Crippen LogP contribution in [0, 0.1) is 11.8 Å². The van der Waals surface area contributed by atoms with Crippen LogP contribution in [0.15, 0.2) is 24.4 Å². The van der Waals surface area contributed by atoms with Crippen molar-refractivity contribution in [2.45, 2.75) is 36.7 Å². The second kappa shape index (κ2) is 3.57. The Labute approximate surface area is 111 Å². The second-order valence-electron chi connectivity index (χ2n) is 6.06. The summed E-state index contributed by atoms with van der Waals surface area (Å²) < 4.78 is 6.00. The van der Waals surface area contributed by atoms with E-state index in [0.717, 1.165) is 25.7 Å². The number of carbonyl (C=O) groups is 1. The number of carboxylic acid groups (broad SMARTS) is 1.